The maximum Gasteiger partial charge on any atom is 0.243 e. The first kappa shape index (κ1) is 13.3. The molecule has 0 aliphatic carbocycles. The zero-order chi connectivity index (χ0) is 14.8. The van der Waals surface area contributed by atoms with Crippen LogP contribution < -0.4 is 0 Å². The summed E-state index contributed by atoms with van der Waals surface area (Å²) in [7, 11) is 0. The van der Waals surface area contributed by atoms with Gasteiger partial charge < -0.3 is 4.74 Å². The standard InChI is InChI=1S/C16H15N3O2/c1-11-3-5-14(6-4-11)16-19(12(2)20)18-15(21-16)13-7-9-17-10-8-13/h3-10,16H,1-2H3/t16-/m1/s1. The van der Waals surface area contributed by atoms with Crippen molar-refractivity contribution in [2.45, 2.75) is 20.1 Å². The number of carbonyl (C=O) groups is 1. The van der Waals surface area contributed by atoms with Gasteiger partial charge in [0.2, 0.25) is 18.0 Å². The summed E-state index contributed by atoms with van der Waals surface area (Å²) >= 11 is 0. The maximum absolute atomic E-state index is 11.8. The highest BCUT2D eigenvalue weighted by molar-refractivity contribution is 5.96. The lowest BCUT2D eigenvalue weighted by atomic mass is 10.1. The first-order valence-electron chi connectivity index (χ1n) is 6.67. The first-order chi connectivity index (χ1) is 10.1. The fourth-order valence-corrected chi connectivity index (χ4v) is 2.13. The van der Waals surface area contributed by atoms with Gasteiger partial charge in [0.1, 0.15) is 0 Å². The van der Waals surface area contributed by atoms with Crippen LogP contribution in [0.3, 0.4) is 0 Å². The van der Waals surface area contributed by atoms with Gasteiger partial charge in [-0.25, -0.2) is 0 Å². The third kappa shape index (κ3) is 2.63. The molecular weight excluding hydrogens is 266 g/mol. The van der Waals surface area contributed by atoms with Crippen molar-refractivity contribution in [1.29, 1.82) is 0 Å². The number of rotatable bonds is 2. The summed E-state index contributed by atoms with van der Waals surface area (Å²) in [5.74, 6) is 0.266. The number of aromatic nitrogens is 1. The van der Waals surface area contributed by atoms with E-state index in [4.69, 9.17) is 4.74 Å². The molecule has 0 spiro atoms. The number of pyridine rings is 1. The highest BCUT2D eigenvalue weighted by Gasteiger charge is 2.32. The molecule has 3 rings (SSSR count). The average molecular weight is 281 g/mol. The second-order valence-electron chi connectivity index (χ2n) is 4.89. The van der Waals surface area contributed by atoms with Crippen molar-refractivity contribution in [2.24, 2.45) is 5.10 Å². The predicted molar refractivity (Wildman–Crippen MR) is 78.3 cm³/mol. The third-order valence-corrected chi connectivity index (χ3v) is 3.26. The van der Waals surface area contributed by atoms with Gasteiger partial charge in [-0.2, -0.15) is 5.01 Å². The summed E-state index contributed by atoms with van der Waals surface area (Å²) in [5.41, 5.74) is 2.84. The molecule has 0 bridgehead atoms. The monoisotopic (exact) mass is 281 g/mol. The molecule has 1 aliphatic rings. The van der Waals surface area contributed by atoms with Crippen LogP contribution in [0.15, 0.2) is 53.9 Å². The van der Waals surface area contributed by atoms with E-state index in [1.54, 1.807) is 24.5 Å². The number of nitrogens with zero attached hydrogens (tertiary/aromatic N) is 3. The number of hydrogen-bond acceptors (Lipinski definition) is 4. The summed E-state index contributed by atoms with van der Waals surface area (Å²) in [4.78, 5) is 15.8. The molecule has 0 fully saturated rings. The van der Waals surface area contributed by atoms with Gasteiger partial charge in [-0.3, -0.25) is 9.78 Å². The number of hydrazone groups is 1. The summed E-state index contributed by atoms with van der Waals surface area (Å²) in [5, 5.41) is 5.65. The van der Waals surface area contributed by atoms with Crippen LogP contribution in [0.25, 0.3) is 0 Å². The Kier molecular flexibility index (Phi) is 3.39. The third-order valence-electron chi connectivity index (χ3n) is 3.26. The van der Waals surface area contributed by atoms with E-state index >= 15 is 0 Å². The number of ether oxygens (including phenoxy) is 1. The van der Waals surface area contributed by atoms with Crippen LogP contribution >= 0.6 is 0 Å². The van der Waals surface area contributed by atoms with Crippen LogP contribution in [0.2, 0.25) is 0 Å². The van der Waals surface area contributed by atoms with E-state index in [-0.39, 0.29) is 5.91 Å². The fraction of sp³-hybridized carbons (Fsp3) is 0.188. The van der Waals surface area contributed by atoms with Crippen molar-refractivity contribution in [3.05, 3.63) is 65.5 Å². The summed E-state index contributed by atoms with van der Waals surface area (Å²) in [6.45, 7) is 3.49. The molecule has 0 unspecified atom stereocenters. The molecule has 1 atom stereocenters. The van der Waals surface area contributed by atoms with E-state index in [1.165, 1.54) is 11.9 Å². The van der Waals surface area contributed by atoms with Crippen molar-refractivity contribution in [2.75, 3.05) is 0 Å². The quantitative estimate of drug-likeness (QED) is 0.850. The highest BCUT2D eigenvalue weighted by Crippen LogP contribution is 2.30. The van der Waals surface area contributed by atoms with Gasteiger partial charge in [0.25, 0.3) is 0 Å². The van der Waals surface area contributed by atoms with Gasteiger partial charge >= 0.3 is 0 Å². The second kappa shape index (κ2) is 5.36. The van der Waals surface area contributed by atoms with Crippen LogP contribution in [0, 0.1) is 6.92 Å². The fourth-order valence-electron chi connectivity index (χ4n) is 2.13. The molecule has 106 valence electrons. The Balaban J connectivity index is 1.93. The van der Waals surface area contributed by atoms with Gasteiger partial charge in [-0.05, 0) is 19.1 Å². The molecule has 5 heteroatoms. The lowest BCUT2D eigenvalue weighted by Crippen LogP contribution is -2.25. The molecule has 1 aromatic carbocycles. The van der Waals surface area contributed by atoms with Crippen LogP contribution in [-0.2, 0) is 9.53 Å². The molecule has 21 heavy (non-hydrogen) atoms. The van der Waals surface area contributed by atoms with Gasteiger partial charge in [-0.1, -0.05) is 29.8 Å². The molecule has 1 aromatic heterocycles. The Labute approximate surface area is 122 Å². The molecule has 2 heterocycles. The van der Waals surface area contributed by atoms with Gasteiger partial charge in [-0.15, -0.1) is 5.10 Å². The Bertz CT molecular complexity index is 680. The Morgan fingerprint density at radius 2 is 1.81 bits per heavy atom. The number of amides is 1. The first-order valence-corrected chi connectivity index (χ1v) is 6.67. The van der Waals surface area contributed by atoms with Gasteiger partial charge in [0.05, 0.1) is 0 Å². The molecule has 0 saturated heterocycles. The van der Waals surface area contributed by atoms with Gasteiger partial charge in [0, 0.05) is 30.4 Å². The highest BCUT2D eigenvalue weighted by atomic mass is 16.5. The molecule has 1 aliphatic heterocycles. The van der Waals surface area contributed by atoms with Crippen LogP contribution in [0.5, 0.6) is 0 Å². The topological polar surface area (TPSA) is 54.8 Å². The SMILES string of the molecule is CC(=O)N1N=C(c2ccncc2)O[C@@H]1c1ccc(C)cc1. The Hall–Kier alpha value is -2.69. The van der Waals surface area contributed by atoms with Crippen molar-refractivity contribution in [3.8, 4) is 0 Å². The van der Waals surface area contributed by atoms with Crippen LogP contribution in [0.4, 0.5) is 0 Å². The van der Waals surface area contributed by atoms with E-state index in [2.05, 4.69) is 10.1 Å². The predicted octanol–water partition coefficient (Wildman–Crippen LogP) is 2.63. The number of aryl methyl sites for hydroxylation is 1. The molecule has 1 amide bonds. The van der Waals surface area contributed by atoms with Crippen molar-refractivity contribution in [1.82, 2.24) is 9.99 Å². The van der Waals surface area contributed by atoms with E-state index < -0.39 is 6.23 Å². The van der Waals surface area contributed by atoms with Crippen molar-refractivity contribution >= 4 is 11.8 Å². The lowest BCUT2D eigenvalue weighted by molar-refractivity contribution is -0.135. The lowest BCUT2D eigenvalue weighted by Gasteiger charge is -2.19. The van der Waals surface area contributed by atoms with Crippen molar-refractivity contribution in [3.63, 3.8) is 0 Å². The zero-order valence-corrected chi connectivity index (χ0v) is 11.9. The Morgan fingerprint density at radius 1 is 1.14 bits per heavy atom. The summed E-state index contributed by atoms with van der Waals surface area (Å²) < 4.78 is 5.87. The largest absolute Gasteiger partial charge is 0.446 e. The van der Waals surface area contributed by atoms with Crippen LogP contribution in [0.1, 0.15) is 29.8 Å². The molecular formula is C16H15N3O2. The zero-order valence-electron chi connectivity index (χ0n) is 11.9. The minimum absolute atomic E-state index is 0.162. The molecule has 5 nitrogen and oxygen atoms in total. The second-order valence-corrected chi connectivity index (χ2v) is 4.89. The maximum atomic E-state index is 11.8. The van der Waals surface area contributed by atoms with E-state index in [1.807, 2.05) is 31.2 Å². The summed E-state index contributed by atoms with van der Waals surface area (Å²) in [6, 6.07) is 11.5. The molecule has 0 saturated carbocycles. The Morgan fingerprint density at radius 3 is 2.43 bits per heavy atom. The minimum atomic E-state index is -0.522. The van der Waals surface area contributed by atoms with Crippen LogP contribution in [-0.4, -0.2) is 21.8 Å². The minimum Gasteiger partial charge on any atom is -0.446 e. The smallest absolute Gasteiger partial charge is 0.243 e. The van der Waals surface area contributed by atoms with E-state index in [9.17, 15) is 4.79 Å². The van der Waals surface area contributed by atoms with Crippen molar-refractivity contribution < 1.29 is 9.53 Å². The van der Waals surface area contributed by atoms with E-state index in [0.717, 1.165) is 16.7 Å². The molecule has 0 radical (unpaired) electrons. The number of carbonyl (C=O) groups excluding carboxylic acids is 1. The number of benzene rings is 1. The van der Waals surface area contributed by atoms with E-state index in [0.29, 0.717) is 5.90 Å². The van der Waals surface area contributed by atoms with Gasteiger partial charge in [0.15, 0.2) is 0 Å². The normalized spacial score (nSPS) is 17.3. The molecule has 2 aromatic rings. The average Bonchev–Trinajstić information content (AvgIpc) is 2.94. The molecule has 0 N–H and O–H groups in total. The number of hydrogen-bond donors (Lipinski definition) is 0. The summed E-state index contributed by atoms with van der Waals surface area (Å²) in [6.07, 6.45) is 2.81.